The number of hydrogen-bond donors (Lipinski definition) is 14. The minimum Gasteiger partial charge on any atom is -0.508 e. The summed E-state index contributed by atoms with van der Waals surface area (Å²) < 4.78 is 1.09. The predicted octanol–water partition coefficient (Wildman–Crippen LogP) is -2.36. The van der Waals surface area contributed by atoms with Crippen LogP contribution >= 0.6 is 0 Å². The molecule has 0 bridgehead atoms. The molecular formula is C59H89N19O11. The number of imidazole rings is 1. The Kier molecular flexibility index (Phi) is 27.3. The average Bonchev–Trinajstić information content (AvgIpc) is 2.94. The van der Waals surface area contributed by atoms with Gasteiger partial charge in [0.25, 0.3) is 5.56 Å². The number of phenols is 1. The van der Waals surface area contributed by atoms with Crippen LogP contribution in [-0.4, -0.2) is 189 Å². The smallest absolute Gasteiger partial charge is 0.261 e. The van der Waals surface area contributed by atoms with E-state index in [2.05, 4.69) is 52.2 Å². The van der Waals surface area contributed by atoms with Gasteiger partial charge < -0.3 is 84.9 Å². The number of carbonyl (C=O) groups excluding carboxylic acids is 9. The molecule has 2 aromatic carbocycles. The van der Waals surface area contributed by atoms with Crippen molar-refractivity contribution in [2.24, 2.45) is 34.8 Å². The van der Waals surface area contributed by atoms with Crippen molar-refractivity contribution in [1.29, 1.82) is 5.41 Å². The first kappa shape index (κ1) is 70.6. The lowest BCUT2D eigenvalue weighted by molar-refractivity contribution is -0.138. The maximum Gasteiger partial charge on any atom is 0.261 e. The van der Waals surface area contributed by atoms with Crippen LogP contribution in [0.15, 0.2) is 66.1 Å². The Bertz CT molecular complexity index is 3130. The number of amides is 9. The molecule has 0 spiro atoms. The van der Waals surface area contributed by atoms with E-state index in [1.807, 2.05) is 18.7 Å². The number of nitrogens with two attached hydrogens (primary N) is 4. The summed E-state index contributed by atoms with van der Waals surface area (Å²) in [6.45, 7) is 8.83. The summed E-state index contributed by atoms with van der Waals surface area (Å²) in [7, 11) is 2.86. The van der Waals surface area contributed by atoms with Crippen LogP contribution in [0.25, 0.3) is 10.9 Å². The monoisotopic (exact) mass is 1240 g/mol. The number of piperazine rings is 1. The molecular weight excluding hydrogens is 1150 g/mol. The summed E-state index contributed by atoms with van der Waals surface area (Å²) in [6, 6.07) is 2.46. The Hall–Kier alpha value is -9.19. The molecule has 89 heavy (non-hydrogen) atoms. The van der Waals surface area contributed by atoms with E-state index in [1.54, 1.807) is 36.9 Å². The van der Waals surface area contributed by atoms with Crippen LogP contribution in [-0.2, 0) is 62.5 Å². The van der Waals surface area contributed by atoms with Crippen LogP contribution in [0, 0.1) is 17.2 Å². The molecule has 18 N–H and O–H groups in total. The van der Waals surface area contributed by atoms with E-state index in [4.69, 9.17) is 28.3 Å². The molecule has 1 aliphatic heterocycles. The lowest BCUT2D eigenvalue weighted by Gasteiger charge is -2.38. The number of phenolic OH excluding ortho intramolecular Hbond substituents is 1. The van der Waals surface area contributed by atoms with E-state index in [9.17, 15) is 53.1 Å². The number of anilines is 1. The summed E-state index contributed by atoms with van der Waals surface area (Å²) >= 11 is 0. The lowest BCUT2D eigenvalue weighted by Crippen LogP contribution is -2.60. The van der Waals surface area contributed by atoms with Gasteiger partial charge in [0, 0.05) is 71.5 Å². The molecule has 8 atom stereocenters. The normalized spacial score (nSPS) is 15.0. The third-order valence-corrected chi connectivity index (χ3v) is 15.2. The Labute approximate surface area is 516 Å². The Morgan fingerprint density at radius 2 is 1.35 bits per heavy atom. The second-order valence-corrected chi connectivity index (χ2v) is 23.0. The van der Waals surface area contributed by atoms with Gasteiger partial charge in [-0.3, -0.25) is 57.9 Å². The molecule has 0 radical (unpaired) electrons. The molecule has 1 saturated heterocycles. The van der Waals surface area contributed by atoms with E-state index >= 15 is 0 Å². The Morgan fingerprint density at radius 3 is 1.94 bits per heavy atom. The van der Waals surface area contributed by atoms with Gasteiger partial charge in [0.1, 0.15) is 48.5 Å². The van der Waals surface area contributed by atoms with Crippen LogP contribution in [0.5, 0.6) is 5.75 Å². The third-order valence-electron chi connectivity index (χ3n) is 15.2. The highest BCUT2D eigenvalue weighted by Crippen LogP contribution is 2.22. The molecule has 1 aliphatic rings. The summed E-state index contributed by atoms with van der Waals surface area (Å²) in [5.41, 5.74) is 24.1. The summed E-state index contributed by atoms with van der Waals surface area (Å²) in [6.07, 6.45) is 5.67. The average molecular weight is 1240 g/mol. The first-order valence-corrected chi connectivity index (χ1v) is 29.9. The van der Waals surface area contributed by atoms with E-state index in [0.29, 0.717) is 80.9 Å². The molecule has 2 aromatic heterocycles. The van der Waals surface area contributed by atoms with Gasteiger partial charge in [0.15, 0.2) is 5.96 Å². The molecule has 0 aliphatic carbocycles. The number of aromatic nitrogens is 4. The van der Waals surface area contributed by atoms with Gasteiger partial charge in [0.2, 0.25) is 53.2 Å². The number of H-pyrrole nitrogens is 1. The number of unbranched alkanes of at least 4 members (excludes halogenated alkanes) is 1. The fourth-order valence-electron chi connectivity index (χ4n) is 9.99. The van der Waals surface area contributed by atoms with Crippen molar-refractivity contribution in [3.8, 4) is 5.75 Å². The Balaban J connectivity index is 1.35. The summed E-state index contributed by atoms with van der Waals surface area (Å²) in [5.74, 6) is -6.96. The van der Waals surface area contributed by atoms with Gasteiger partial charge in [-0.25, -0.2) is 9.97 Å². The van der Waals surface area contributed by atoms with Crippen LogP contribution in [0.4, 0.5) is 5.69 Å². The molecule has 4 aromatic rings. The molecule has 30 nitrogen and oxygen atoms in total. The number of benzene rings is 2. The van der Waals surface area contributed by atoms with Gasteiger partial charge in [0.05, 0.1) is 41.7 Å². The standard InChI is InChI=1S/C59H89N19O11/c1-7-35(4)50(62)55(86)70-43(11-8-9-19-60)58(89)77-23-21-76(22-24-77)38-15-18-41-40(28-38)56(87)78(33-68-41)31-49(81)69-42(12-10-20-66-59(63)64)51(82)73-46(27-37-30-65-32-67-37)54(85)72-45(26-36-13-16-39(79)17-14-36)53(84)71-44(25-34(2)3)52(83)74-47(29-48(61)80)57(88)75(5)6/h13-18,28,30,32-35,42-47,50,79H,7-12,19-27,29,31,60,62H2,1-6H3,(H2,61,80)(H,65,67)(H,69,81)(H,70,86)(H,71,84)(H,72,85)(H,73,82)(H,74,83)(H4,63,64,66)/t35-,42-,43-,44-,45-,46-,47-,50-/m0/s1. The summed E-state index contributed by atoms with van der Waals surface area (Å²) in [4.78, 5) is 154. The number of likely N-dealkylation sites (N-methyl/N-ethyl adjacent to an activating group) is 1. The van der Waals surface area contributed by atoms with Gasteiger partial charge in [-0.2, -0.15) is 0 Å². The first-order valence-electron chi connectivity index (χ1n) is 29.9. The number of carbonyl (C=O) groups is 9. The van der Waals surface area contributed by atoms with Crippen molar-refractivity contribution < 1.29 is 48.3 Å². The minimum atomic E-state index is -1.48. The van der Waals surface area contributed by atoms with Crippen LogP contribution in [0.3, 0.4) is 0 Å². The topological polar surface area (TPSA) is 459 Å². The molecule has 0 unspecified atom stereocenters. The van der Waals surface area contributed by atoms with Gasteiger partial charge in [-0.05, 0) is 92.8 Å². The van der Waals surface area contributed by atoms with E-state index in [-0.39, 0.29) is 79.4 Å². The van der Waals surface area contributed by atoms with Crippen molar-refractivity contribution >= 4 is 75.7 Å². The number of rotatable bonds is 34. The minimum absolute atomic E-state index is 0.0539. The van der Waals surface area contributed by atoms with E-state index in [0.717, 1.165) is 4.57 Å². The van der Waals surface area contributed by atoms with E-state index < -0.39 is 102 Å². The number of primary amides is 1. The van der Waals surface area contributed by atoms with E-state index in [1.165, 1.54) is 62.1 Å². The molecule has 30 heteroatoms. The molecule has 3 heterocycles. The zero-order valence-electron chi connectivity index (χ0n) is 51.5. The largest absolute Gasteiger partial charge is 0.508 e. The number of aromatic hydroxyl groups is 1. The van der Waals surface area contributed by atoms with Crippen molar-refractivity contribution in [3.05, 3.63) is 82.9 Å². The fraction of sp³-hybridized carbons (Fsp3) is 0.542. The highest BCUT2D eigenvalue weighted by atomic mass is 16.3. The maximum absolute atomic E-state index is 14.7. The Morgan fingerprint density at radius 1 is 0.742 bits per heavy atom. The number of nitrogens with zero attached hydrogens (tertiary/aromatic N) is 6. The predicted molar refractivity (Wildman–Crippen MR) is 332 cm³/mol. The highest BCUT2D eigenvalue weighted by Gasteiger charge is 2.35. The van der Waals surface area contributed by atoms with Crippen LogP contribution < -0.4 is 70.6 Å². The number of guanidine groups is 1. The number of aromatic amines is 1. The number of fused-ring (bicyclic) bond motifs is 1. The SMILES string of the molecule is CC[C@H](C)[C@H](N)C(=O)N[C@@H](CCCCN)C(=O)N1CCN(c2ccc3ncn(CC(=O)N[C@@H](CCCNC(=N)N)C(=O)N[C@@H](Cc4c[nH]cn4)C(=O)N[C@@H](Cc4ccc(O)cc4)C(=O)N[C@@H](CC(C)C)C(=O)N[C@@H](CC(N)=O)C(=O)N(C)C)c(=O)c3c2)CC1. The van der Waals surface area contributed by atoms with Crippen molar-refractivity contribution in [2.45, 2.75) is 141 Å². The molecule has 5 rings (SSSR count). The zero-order valence-corrected chi connectivity index (χ0v) is 51.5. The zero-order chi connectivity index (χ0) is 65.5. The van der Waals surface area contributed by atoms with Crippen molar-refractivity contribution in [1.82, 2.24) is 66.5 Å². The highest BCUT2D eigenvalue weighted by molar-refractivity contribution is 5.97. The maximum atomic E-state index is 14.7. The fourth-order valence-corrected chi connectivity index (χ4v) is 9.99. The van der Waals surface area contributed by atoms with Crippen molar-refractivity contribution in [2.75, 3.05) is 58.3 Å². The molecule has 0 saturated carbocycles. The van der Waals surface area contributed by atoms with Gasteiger partial charge >= 0.3 is 0 Å². The second kappa shape index (κ2) is 34.4. The van der Waals surface area contributed by atoms with Crippen LogP contribution in [0.1, 0.15) is 90.3 Å². The van der Waals surface area contributed by atoms with Crippen molar-refractivity contribution in [3.63, 3.8) is 0 Å². The van der Waals surface area contributed by atoms with Crippen LogP contribution in [0.2, 0.25) is 0 Å². The summed E-state index contributed by atoms with van der Waals surface area (Å²) in [5, 5.41) is 36.7. The lowest BCUT2D eigenvalue weighted by atomic mass is 9.98. The first-order chi connectivity index (χ1) is 42.3. The molecule has 486 valence electrons. The number of hydrogen-bond acceptors (Lipinski definition) is 17. The quantitative estimate of drug-likeness (QED) is 0.0132. The number of nitrogens with one attached hydrogen (secondary N) is 9. The third kappa shape index (κ3) is 21.9. The molecule has 1 fully saturated rings. The van der Waals surface area contributed by atoms with Gasteiger partial charge in [-0.1, -0.05) is 46.2 Å². The van der Waals surface area contributed by atoms with Gasteiger partial charge in [-0.15, -0.1) is 0 Å². The second-order valence-electron chi connectivity index (χ2n) is 23.0. The molecule has 9 amide bonds.